The fraction of sp³-hybridized carbons (Fsp3) is 0.267. The number of nitrogens with zero attached hydrogens (tertiary/aromatic N) is 3. The molecule has 0 spiro atoms. The first-order chi connectivity index (χ1) is 11.1. The smallest absolute Gasteiger partial charge is 0.321 e. The number of anilines is 1. The van der Waals surface area contributed by atoms with E-state index in [1.807, 2.05) is 0 Å². The normalized spacial score (nSPS) is 17.1. The molecule has 1 aromatic heterocycles. The number of amides is 2. The molecular weight excluding hydrogens is 339 g/mol. The third-order valence-electron chi connectivity index (χ3n) is 3.43. The highest BCUT2D eigenvalue weighted by Gasteiger charge is 2.28. The highest BCUT2D eigenvalue weighted by atomic mass is 35.5. The average Bonchev–Trinajstić information content (AvgIpc) is 3.00. The molecule has 1 atom stereocenters. The molecule has 3 rings (SSSR count). The molecular formula is C15H14Cl2N4O2. The summed E-state index contributed by atoms with van der Waals surface area (Å²) in [5, 5.41) is 3.64. The Kier molecular flexibility index (Phi) is 4.83. The lowest BCUT2D eigenvalue weighted by molar-refractivity contribution is 0.189. The van der Waals surface area contributed by atoms with E-state index >= 15 is 0 Å². The molecule has 1 saturated heterocycles. The van der Waals surface area contributed by atoms with E-state index in [0.29, 0.717) is 34.7 Å². The second-order valence-electron chi connectivity index (χ2n) is 5.08. The first-order valence-corrected chi connectivity index (χ1v) is 7.81. The number of aromatic nitrogens is 2. The fourth-order valence-corrected chi connectivity index (χ4v) is 2.60. The maximum absolute atomic E-state index is 12.3. The lowest BCUT2D eigenvalue weighted by Crippen LogP contribution is -2.34. The van der Waals surface area contributed by atoms with Gasteiger partial charge in [0.25, 0.3) is 0 Å². The van der Waals surface area contributed by atoms with Crippen LogP contribution in [0.4, 0.5) is 10.5 Å². The van der Waals surface area contributed by atoms with Gasteiger partial charge in [-0.3, -0.25) is 4.98 Å². The standard InChI is InChI=1S/C15H14Cl2N4O2/c16-12-2-1-10(7-13(12)17)20-15(22)21-6-3-11(9-21)23-14-8-18-4-5-19-14/h1-2,4-5,7-8,11H,3,6,9H2,(H,20,22). The predicted molar refractivity (Wildman–Crippen MR) is 88.1 cm³/mol. The lowest BCUT2D eigenvalue weighted by Gasteiger charge is -2.17. The van der Waals surface area contributed by atoms with Gasteiger partial charge < -0.3 is 15.0 Å². The molecule has 2 aromatic rings. The minimum Gasteiger partial charge on any atom is -0.471 e. The van der Waals surface area contributed by atoms with E-state index in [-0.39, 0.29) is 12.1 Å². The Balaban J connectivity index is 1.56. The molecule has 23 heavy (non-hydrogen) atoms. The van der Waals surface area contributed by atoms with Gasteiger partial charge >= 0.3 is 6.03 Å². The Morgan fingerprint density at radius 1 is 1.30 bits per heavy atom. The Morgan fingerprint density at radius 2 is 2.17 bits per heavy atom. The Bertz CT molecular complexity index is 699. The van der Waals surface area contributed by atoms with Gasteiger partial charge in [0.05, 0.1) is 22.8 Å². The quantitative estimate of drug-likeness (QED) is 0.918. The summed E-state index contributed by atoms with van der Waals surface area (Å²) in [6.45, 7) is 1.10. The van der Waals surface area contributed by atoms with Crippen LogP contribution in [0.25, 0.3) is 0 Å². The van der Waals surface area contributed by atoms with Crippen molar-refractivity contribution in [3.05, 3.63) is 46.8 Å². The van der Waals surface area contributed by atoms with Crippen LogP contribution >= 0.6 is 23.2 Å². The van der Waals surface area contributed by atoms with Gasteiger partial charge in [-0.15, -0.1) is 0 Å². The zero-order valence-electron chi connectivity index (χ0n) is 12.1. The van der Waals surface area contributed by atoms with Gasteiger partial charge in [-0.25, -0.2) is 9.78 Å². The van der Waals surface area contributed by atoms with Crippen molar-refractivity contribution in [2.45, 2.75) is 12.5 Å². The third kappa shape index (κ3) is 4.03. The summed E-state index contributed by atoms with van der Waals surface area (Å²) in [5.74, 6) is 0.462. The first kappa shape index (κ1) is 15.8. The van der Waals surface area contributed by atoms with Gasteiger partial charge in [0.1, 0.15) is 6.10 Å². The maximum Gasteiger partial charge on any atom is 0.321 e. The molecule has 0 saturated carbocycles. The van der Waals surface area contributed by atoms with E-state index in [2.05, 4.69) is 15.3 Å². The summed E-state index contributed by atoms with van der Waals surface area (Å²) in [7, 11) is 0. The zero-order chi connectivity index (χ0) is 16.2. The van der Waals surface area contributed by atoms with E-state index in [0.717, 1.165) is 6.42 Å². The van der Waals surface area contributed by atoms with E-state index in [1.165, 1.54) is 0 Å². The van der Waals surface area contributed by atoms with Gasteiger partial charge in [-0.1, -0.05) is 23.2 Å². The highest BCUT2D eigenvalue weighted by molar-refractivity contribution is 6.42. The molecule has 1 aliphatic heterocycles. The van der Waals surface area contributed by atoms with Crippen LogP contribution in [0.3, 0.4) is 0 Å². The lowest BCUT2D eigenvalue weighted by atomic mass is 10.3. The van der Waals surface area contributed by atoms with Crippen LogP contribution in [-0.4, -0.2) is 40.1 Å². The molecule has 0 radical (unpaired) electrons. The van der Waals surface area contributed by atoms with Crippen molar-refractivity contribution in [2.24, 2.45) is 0 Å². The SMILES string of the molecule is O=C(Nc1ccc(Cl)c(Cl)c1)N1CCC(Oc2cnccn2)C1. The minimum atomic E-state index is -0.200. The van der Waals surface area contributed by atoms with Gasteiger partial charge in [0.2, 0.25) is 5.88 Å². The number of hydrogen-bond donors (Lipinski definition) is 1. The van der Waals surface area contributed by atoms with Crippen molar-refractivity contribution in [1.82, 2.24) is 14.9 Å². The summed E-state index contributed by atoms with van der Waals surface area (Å²) in [6, 6.07) is 4.76. The number of halogens is 2. The molecule has 1 aliphatic rings. The molecule has 2 amide bonds. The van der Waals surface area contributed by atoms with E-state index in [1.54, 1.807) is 41.7 Å². The number of likely N-dealkylation sites (tertiary alicyclic amines) is 1. The molecule has 8 heteroatoms. The topological polar surface area (TPSA) is 67.4 Å². The number of carbonyl (C=O) groups excluding carboxylic acids is 1. The average molecular weight is 353 g/mol. The van der Waals surface area contributed by atoms with Crippen molar-refractivity contribution in [3.8, 4) is 5.88 Å². The number of benzene rings is 1. The van der Waals surface area contributed by atoms with Gasteiger partial charge in [0, 0.05) is 31.0 Å². The highest BCUT2D eigenvalue weighted by Crippen LogP contribution is 2.25. The number of ether oxygens (including phenoxy) is 1. The molecule has 1 aromatic carbocycles. The fourth-order valence-electron chi connectivity index (χ4n) is 2.30. The van der Waals surface area contributed by atoms with Crippen LogP contribution in [0.15, 0.2) is 36.8 Å². The second-order valence-corrected chi connectivity index (χ2v) is 5.89. The minimum absolute atomic E-state index is 0.0914. The molecule has 120 valence electrons. The molecule has 1 fully saturated rings. The third-order valence-corrected chi connectivity index (χ3v) is 4.17. The van der Waals surface area contributed by atoms with Crippen molar-refractivity contribution >= 4 is 34.9 Å². The number of hydrogen-bond acceptors (Lipinski definition) is 4. The van der Waals surface area contributed by atoms with Gasteiger partial charge in [-0.2, -0.15) is 0 Å². The molecule has 6 nitrogen and oxygen atoms in total. The molecule has 2 heterocycles. The van der Waals surface area contributed by atoms with Crippen LogP contribution < -0.4 is 10.1 Å². The molecule has 1 unspecified atom stereocenters. The van der Waals surface area contributed by atoms with Crippen LogP contribution in [0.5, 0.6) is 5.88 Å². The van der Waals surface area contributed by atoms with Crippen molar-refractivity contribution in [3.63, 3.8) is 0 Å². The summed E-state index contributed by atoms with van der Waals surface area (Å²) in [5.41, 5.74) is 0.600. The Labute approximate surface area is 143 Å². The van der Waals surface area contributed by atoms with Crippen LogP contribution in [-0.2, 0) is 0 Å². The summed E-state index contributed by atoms with van der Waals surface area (Å²) in [4.78, 5) is 22.0. The van der Waals surface area contributed by atoms with Gasteiger partial charge in [-0.05, 0) is 18.2 Å². The number of urea groups is 1. The number of nitrogens with one attached hydrogen (secondary N) is 1. The van der Waals surface area contributed by atoms with Crippen LogP contribution in [0, 0.1) is 0 Å². The van der Waals surface area contributed by atoms with Crippen molar-refractivity contribution in [1.29, 1.82) is 0 Å². The summed E-state index contributed by atoms with van der Waals surface area (Å²) >= 11 is 11.8. The largest absolute Gasteiger partial charge is 0.471 e. The maximum atomic E-state index is 12.3. The van der Waals surface area contributed by atoms with Crippen molar-refractivity contribution < 1.29 is 9.53 Å². The first-order valence-electron chi connectivity index (χ1n) is 7.05. The van der Waals surface area contributed by atoms with Crippen molar-refractivity contribution in [2.75, 3.05) is 18.4 Å². The summed E-state index contributed by atoms with van der Waals surface area (Å²) < 4.78 is 5.71. The molecule has 0 aliphatic carbocycles. The number of rotatable bonds is 3. The van der Waals surface area contributed by atoms with E-state index < -0.39 is 0 Å². The van der Waals surface area contributed by atoms with Gasteiger partial charge in [0.15, 0.2) is 0 Å². The monoisotopic (exact) mass is 352 g/mol. The van der Waals surface area contributed by atoms with E-state index in [4.69, 9.17) is 27.9 Å². The van der Waals surface area contributed by atoms with Crippen LogP contribution in [0.1, 0.15) is 6.42 Å². The predicted octanol–water partition coefficient (Wildman–Crippen LogP) is 3.47. The van der Waals surface area contributed by atoms with E-state index in [9.17, 15) is 4.79 Å². The summed E-state index contributed by atoms with van der Waals surface area (Å²) in [6.07, 6.45) is 5.35. The van der Waals surface area contributed by atoms with Crippen LogP contribution in [0.2, 0.25) is 10.0 Å². The molecule has 0 bridgehead atoms. The Hall–Kier alpha value is -2.05. The molecule has 1 N–H and O–H groups in total. The zero-order valence-corrected chi connectivity index (χ0v) is 13.6. The number of carbonyl (C=O) groups is 1. The Morgan fingerprint density at radius 3 is 2.91 bits per heavy atom. The second kappa shape index (κ2) is 7.02.